The van der Waals surface area contributed by atoms with Gasteiger partial charge in [0.1, 0.15) is 18.8 Å². The Balaban J connectivity index is 2.06. The minimum absolute atomic E-state index is 0.0376. The fourth-order valence-corrected chi connectivity index (χ4v) is 3.11. The average molecular weight is 410 g/mol. The van der Waals surface area contributed by atoms with Crippen molar-refractivity contribution in [2.24, 2.45) is 0 Å². The van der Waals surface area contributed by atoms with Crippen molar-refractivity contribution in [3.05, 3.63) is 26.5 Å². The van der Waals surface area contributed by atoms with Crippen molar-refractivity contribution in [3.63, 3.8) is 0 Å². The third-order valence-corrected chi connectivity index (χ3v) is 4.12. The van der Waals surface area contributed by atoms with Crippen molar-refractivity contribution in [2.45, 2.75) is 45.2 Å². The van der Waals surface area contributed by atoms with Gasteiger partial charge in [-0.2, -0.15) is 5.10 Å². The van der Waals surface area contributed by atoms with Crippen LogP contribution in [-0.2, 0) is 33.3 Å². The lowest BCUT2D eigenvalue weighted by Gasteiger charge is -2.23. The van der Waals surface area contributed by atoms with Crippen LogP contribution in [0.25, 0.3) is 11.0 Å². The first kappa shape index (κ1) is 20.3. The van der Waals surface area contributed by atoms with Crippen molar-refractivity contribution in [3.8, 4) is 0 Å². The second-order valence-electron chi connectivity index (χ2n) is 6.31. The summed E-state index contributed by atoms with van der Waals surface area (Å²) in [6.45, 7) is 3.21. The second kappa shape index (κ2) is 7.87. The van der Waals surface area contributed by atoms with Gasteiger partial charge >= 0.3 is 23.6 Å². The zero-order valence-corrected chi connectivity index (χ0v) is 15.6. The SMILES string of the molecule is CC(=O)OCC1OC(c2[nH]nc3c(=O)[nH]c(=O)[nH]c23)C(OC(C)=O)C1OC(C)=O. The Kier molecular flexibility index (Phi) is 5.50. The van der Waals surface area contributed by atoms with E-state index in [9.17, 15) is 24.0 Å². The average Bonchev–Trinajstić information content (AvgIpc) is 3.15. The summed E-state index contributed by atoms with van der Waals surface area (Å²) in [7, 11) is 0. The van der Waals surface area contributed by atoms with Crippen LogP contribution in [0.3, 0.4) is 0 Å². The summed E-state index contributed by atoms with van der Waals surface area (Å²) in [6, 6.07) is 0. The molecule has 3 N–H and O–H groups in total. The number of H-pyrrole nitrogens is 3. The molecule has 13 heteroatoms. The highest BCUT2D eigenvalue weighted by Gasteiger charge is 2.51. The Morgan fingerprint density at radius 1 is 1.00 bits per heavy atom. The number of aromatic nitrogens is 4. The fourth-order valence-electron chi connectivity index (χ4n) is 3.11. The van der Waals surface area contributed by atoms with Gasteiger partial charge < -0.3 is 23.9 Å². The maximum absolute atomic E-state index is 11.9. The summed E-state index contributed by atoms with van der Waals surface area (Å²) in [5, 5.41) is 6.43. The van der Waals surface area contributed by atoms with Crippen LogP contribution in [0.2, 0.25) is 0 Å². The number of nitrogens with one attached hydrogen (secondary N) is 3. The normalized spacial score (nSPS) is 23.7. The number of fused-ring (bicyclic) bond motifs is 1. The lowest BCUT2D eigenvalue weighted by molar-refractivity contribution is -0.165. The van der Waals surface area contributed by atoms with Gasteiger partial charge in [-0.1, -0.05) is 0 Å². The summed E-state index contributed by atoms with van der Waals surface area (Å²) < 4.78 is 21.3. The van der Waals surface area contributed by atoms with Crippen LogP contribution in [-0.4, -0.2) is 63.0 Å². The molecule has 0 amide bonds. The topological polar surface area (TPSA) is 183 Å². The molecule has 13 nitrogen and oxygen atoms in total. The van der Waals surface area contributed by atoms with Crippen molar-refractivity contribution in [2.75, 3.05) is 6.61 Å². The van der Waals surface area contributed by atoms with E-state index in [1.807, 2.05) is 4.98 Å². The molecule has 2 aromatic heterocycles. The molecule has 4 unspecified atom stereocenters. The number of ether oxygens (including phenoxy) is 4. The number of hydrogen-bond donors (Lipinski definition) is 3. The molecule has 1 aliphatic heterocycles. The Morgan fingerprint density at radius 2 is 1.66 bits per heavy atom. The maximum atomic E-state index is 11.9. The third kappa shape index (κ3) is 4.18. The maximum Gasteiger partial charge on any atom is 0.326 e. The molecule has 1 aliphatic rings. The van der Waals surface area contributed by atoms with E-state index in [1.165, 1.54) is 6.92 Å². The monoisotopic (exact) mass is 410 g/mol. The highest BCUT2D eigenvalue weighted by Crippen LogP contribution is 2.38. The molecule has 0 aliphatic carbocycles. The molecule has 0 spiro atoms. The molecule has 3 rings (SSSR count). The summed E-state index contributed by atoms with van der Waals surface area (Å²) in [5.74, 6) is -1.96. The van der Waals surface area contributed by atoms with Crippen LogP contribution in [0.4, 0.5) is 0 Å². The molecule has 0 aromatic carbocycles. The van der Waals surface area contributed by atoms with Crippen LogP contribution in [0.1, 0.15) is 32.6 Å². The van der Waals surface area contributed by atoms with E-state index >= 15 is 0 Å². The first-order valence-corrected chi connectivity index (χ1v) is 8.51. The van der Waals surface area contributed by atoms with Crippen molar-refractivity contribution in [1.82, 2.24) is 20.2 Å². The van der Waals surface area contributed by atoms with Crippen molar-refractivity contribution >= 4 is 28.9 Å². The summed E-state index contributed by atoms with van der Waals surface area (Å²) in [4.78, 5) is 62.5. The molecule has 3 heterocycles. The zero-order chi connectivity index (χ0) is 21.3. The highest BCUT2D eigenvalue weighted by molar-refractivity contribution is 5.76. The van der Waals surface area contributed by atoms with Gasteiger partial charge in [-0.05, 0) is 0 Å². The van der Waals surface area contributed by atoms with E-state index in [2.05, 4.69) is 15.2 Å². The summed E-state index contributed by atoms with van der Waals surface area (Å²) in [5.41, 5.74) is -1.45. The Morgan fingerprint density at radius 3 is 2.28 bits per heavy atom. The largest absolute Gasteiger partial charge is 0.463 e. The Bertz CT molecular complexity index is 1070. The summed E-state index contributed by atoms with van der Waals surface area (Å²) in [6.07, 6.45) is -4.37. The van der Waals surface area contributed by atoms with Gasteiger partial charge in [0.05, 0.1) is 11.2 Å². The molecular formula is C16H18N4O9. The van der Waals surface area contributed by atoms with Gasteiger partial charge in [0.2, 0.25) is 0 Å². The first-order valence-electron chi connectivity index (χ1n) is 8.51. The van der Waals surface area contributed by atoms with E-state index < -0.39 is 53.6 Å². The van der Waals surface area contributed by atoms with E-state index in [0.717, 1.165) is 13.8 Å². The van der Waals surface area contributed by atoms with Crippen LogP contribution >= 0.6 is 0 Å². The van der Waals surface area contributed by atoms with Gasteiger partial charge in [0.25, 0.3) is 5.56 Å². The molecule has 29 heavy (non-hydrogen) atoms. The lowest BCUT2D eigenvalue weighted by atomic mass is 10.0. The van der Waals surface area contributed by atoms with Crippen molar-refractivity contribution < 1.29 is 33.3 Å². The number of carbonyl (C=O) groups excluding carboxylic acids is 3. The van der Waals surface area contributed by atoms with Crippen molar-refractivity contribution in [1.29, 1.82) is 0 Å². The van der Waals surface area contributed by atoms with Gasteiger partial charge in [-0.25, -0.2) is 4.79 Å². The second-order valence-corrected chi connectivity index (χ2v) is 6.31. The first-order chi connectivity index (χ1) is 13.7. The van der Waals surface area contributed by atoms with Crippen LogP contribution in [0, 0.1) is 0 Å². The molecule has 2 aromatic rings. The minimum atomic E-state index is -1.16. The number of esters is 3. The highest BCUT2D eigenvalue weighted by atomic mass is 16.6. The van der Waals surface area contributed by atoms with Gasteiger partial charge in [0.15, 0.2) is 17.7 Å². The number of nitrogens with zero attached hydrogens (tertiary/aromatic N) is 1. The molecule has 1 fully saturated rings. The van der Waals surface area contributed by atoms with E-state index in [4.69, 9.17) is 18.9 Å². The molecule has 0 bridgehead atoms. The van der Waals surface area contributed by atoms with Gasteiger partial charge in [-0.3, -0.25) is 29.3 Å². The molecule has 1 saturated heterocycles. The molecule has 4 atom stereocenters. The number of carbonyl (C=O) groups is 3. The van der Waals surface area contributed by atoms with E-state index in [1.54, 1.807) is 0 Å². The predicted molar refractivity (Wildman–Crippen MR) is 92.7 cm³/mol. The number of hydrogen-bond acceptors (Lipinski definition) is 10. The van der Waals surface area contributed by atoms with Gasteiger partial charge in [0, 0.05) is 20.8 Å². The number of rotatable bonds is 5. The molecular weight excluding hydrogens is 392 g/mol. The number of aromatic amines is 3. The lowest BCUT2D eigenvalue weighted by Crippen LogP contribution is -2.40. The minimum Gasteiger partial charge on any atom is -0.463 e. The molecule has 156 valence electrons. The van der Waals surface area contributed by atoms with E-state index in [-0.39, 0.29) is 23.3 Å². The predicted octanol–water partition coefficient (Wildman–Crippen LogP) is -1.19. The van der Waals surface area contributed by atoms with Crippen LogP contribution in [0.5, 0.6) is 0 Å². The van der Waals surface area contributed by atoms with Crippen LogP contribution < -0.4 is 11.2 Å². The smallest absolute Gasteiger partial charge is 0.326 e. The van der Waals surface area contributed by atoms with Crippen LogP contribution in [0.15, 0.2) is 9.59 Å². The third-order valence-electron chi connectivity index (χ3n) is 4.12. The molecule has 0 saturated carbocycles. The summed E-state index contributed by atoms with van der Waals surface area (Å²) >= 11 is 0. The Hall–Kier alpha value is -3.48. The fraction of sp³-hybridized carbons (Fsp3) is 0.500. The molecule has 0 radical (unpaired) electrons. The Labute approximate surface area is 161 Å². The quantitative estimate of drug-likeness (QED) is 0.400. The zero-order valence-electron chi connectivity index (χ0n) is 15.6. The van der Waals surface area contributed by atoms with Gasteiger partial charge in [-0.15, -0.1) is 0 Å². The van der Waals surface area contributed by atoms with E-state index in [0.29, 0.717) is 0 Å². The standard InChI is InChI=1S/C16H18N4O9/c1-5(21)26-4-8-12(27-6(2)22)14(28-7(3)23)13(29-8)10-9-11(20-19-10)15(24)18-16(25)17-9/h8,12-14H,4H2,1-3H3,(H,19,20)(H2,17,18,24,25).